The maximum Gasteiger partial charge on any atom is 0.307 e. The summed E-state index contributed by atoms with van der Waals surface area (Å²) in [6, 6.07) is 1.78. The van der Waals surface area contributed by atoms with Crippen molar-refractivity contribution in [2.75, 3.05) is 7.11 Å². The molecule has 1 aliphatic heterocycles. The Morgan fingerprint density at radius 2 is 1.87 bits per heavy atom. The molecule has 5 rings (SSSR count). The number of ketones is 1. The van der Waals surface area contributed by atoms with Gasteiger partial charge in [0.15, 0.2) is 11.4 Å². The van der Waals surface area contributed by atoms with Gasteiger partial charge in [-0.2, -0.15) is 0 Å². The van der Waals surface area contributed by atoms with Crippen LogP contribution in [0.2, 0.25) is 0 Å². The topological polar surface area (TPSA) is 129 Å². The first-order chi connectivity index (χ1) is 17.7. The van der Waals surface area contributed by atoms with E-state index in [0.29, 0.717) is 12.8 Å². The van der Waals surface area contributed by atoms with Crippen molar-refractivity contribution in [2.24, 2.45) is 34.0 Å². The summed E-state index contributed by atoms with van der Waals surface area (Å²) in [6.07, 6.45) is 4.16. The lowest BCUT2D eigenvalue weighted by Crippen LogP contribution is -2.74. The summed E-state index contributed by atoms with van der Waals surface area (Å²) in [7, 11) is 1.30. The minimum Gasteiger partial charge on any atom is -0.472 e. The van der Waals surface area contributed by atoms with Crippen LogP contribution in [0.3, 0.4) is 0 Å². The van der Waals surface area contributed by atoms with Crippen molar-refractivity contribution < 1.29 is 42.9 Å². The van der Waals surface area contributed by atoms with Crippen LogP contribution in [0.5, 0.6) is 0 Å². The number of furan rings is 1. The second-order valence-corrected chi connectivity index (χ2v) is 12.5. The lowest BCUT2D eigenvalue weighted by atomic mass is 9.39. The lowest BCUT2D eigenvalue weighted by molar-refractivity contribution is -0.224. The number of esters is 3. The Balaban J connectivity index is 1.71. The zero-order valence-electron chi connectivity index (χ0n) is 22.7. The Hall–Kier alpha value is -2.94. The third-order valence-corrected chi connectivity index (χ3v) is 10.2. The second kappa shape index (κ2) is 8.53. The van der Waals surface area contributed by atoms with Crippen molar-refractivity contribution in [3.8, 4) is 0 Å². The van der Waals surface area contributed by atoms with Crippen LogP contribution in [-0.4, -0.2) is 47.6 Å². The van der Waals surface area contributed by atoms with Crippen LogP contribution in [-0.2, 0) is 33.4 Å². The summed E-state index contributed by atoms with van der Waals surface area (Å²) in [5.74, 6) is -3.22. The van der Waals surface area contributed by atoms with Crippen molar-refractivity contribution in [3.05, 3.63) is 35.8 Å². The molecule has 8 atom stereocenters. The molecule has 1 aromatic heterocycles. The number of aliphatic hydroxyl groups is 1. The molecule has 1 aromatic rings. The first kappa shape index (κ1) is 26.7. The zero-order valence-corrected chi connectivity index (χ0v) is 22.7. The highest BCUT2D eigenvalue weighted by Gasteiger charge is 2.73. The smallest absolute Gasteiger partial charge is 0.307 e. The first-order valence-corrected chi connectivity index (χ1v) is 13.2. The number of carbonyl (C=O) groups is 4. The van der Waals surface area contributed by atoms with E-state index in [-0.39, 0.29) is 30.6 Å². The number of hydrogen-bond acceptors (Lipinski definition) is 9. The van der Waals surface area contributed by atoms with E-state index in [4.69, 9.17) is 18.6 Å². The Bertz CT molecular complexity index is 1210. The number of ether oxygens (including phenoxy) is 3. The molecule has 3 aliphatic carbocycles. The molecule has 0 radical (unpaired) electrons. The van der Waals surface area contributed by atoms with Gasteiger partial charge >= 0.3 is 17.9 Å². The number of fused-ring (bicyclic) bond motifs is 6. The van der Waals surface area contributed by atoms with Gasteiger partial charge in [-0.1, -0.05) is 33.3 Å². The molecule has 0 aromatic carbocycles. The first-order valence-electron chi connectivity index (χ1n) is 13.2. The van der Waals surface area contributed by atoms with E-state index >= 15 is 0 Å². The van der Waals surface area contributed by atoms with Gasteiger partial charge in [0.25, 0.3) is 0 Å². The monoisotopic (exact) mass is 528 g/mol. The normalized spacial score (nSPS) is 41.2. The SMILES string of the molecule is COC(=O)C[C@H]1C(C)(C)[C@H](OC(C)=O)[C@]2(O)C=C3C4CC(=O)O[C@@H](c5ccoc5)[C@]4(C)CCC3[C@@]1(C)C2=O. The number of rotatable bonds is 4. The molecule has 0 spiro atoms. The molecule has 3 fully saturated rings. The lowest BCUT2D eigenvalue weighted by Gasteiger charge is -2.65. The minimum atomic E-state index is -2.12. The van der Waals surface area contributed by atoms with E-state index in [9.17, 15) is 24.3 Å². The number of hydrogen-bond donors (Lipinski definition) is 1. The molecule has 2 unspecified atom stereocenters. The van der Waals surface area contributed by atoms with Crippen LogP contribution in [0.25, 0.3) is 0 Å². The average Bonchev–Trinajstić information content (AvgIpc) is 3.38. The Morgan fingerprint density at radius 1 is 1.16 bits per heavy atom. The third-order valence-electron chi connectivity index (χ3n) is 10.2. The van der Waals surface area contributed by atoms with Gasteiger partial charge in [0, 0.05) is 35.2 Å². The molecule has 9 heteroatoms. The quantitative estimate of drug-likeness (QED) is 0.353. The molecule has 206 valence electrons. The number of Topliss-reactive ketones (excluding diaryl/α,β-unsaturated/α-hetero) is 1. The van der Waals surface area contributed by atoms with Crippen LogP contribution in [0.15, 0.2) is 34.7 Å². The highest BCUT2D eigenvalue weighted by atomic mass is 16.6. The number of allylic oxidation sites excluding steroid dienone is 1. The fourth-order valence-corrected chi connectivity index (χ4v) is 8.45. The highest BCUT2D eigenvalue weighted by Crippen LogP contribution is 2.68. The van der Waals surface area contributed by atoms with Crippen LogP contribution >= 0.6 is 0 Å². The van der Waals surface area contributed by atoms with Gasteiger partial charge < -0.3 is 23.7 Å². The van der Waals surface area contributed by atoms with Crippen LogP contribution in [0.1, 0.15) is 72.0 Å². The molecule has 2 saturated carbocycles. The van der Waals surface area contributed by atoms with Crippen molar-refractivity contribution in [2.45, 2.75) is 78.1 Å². The third kappa shape index (κ3) is 3.46. The number of methoxy groups -OCH3 is 1. The fourth-order valence-electron chi connectivity index (χ4n) is 8.45. The van der Waals surface area contributed by atoms with Gasteiger partial charge in [0.1, 0.15) is 12.2 Å². The summed E-state index contributed by atoms with van der Waals surface area (Å²) >= 11 is 0. The van der Waals surface area contributed by atoms with Gasteiger partial charge in [0.05, 0.1) is 26.1 Å². The van der Waals surface area contributed by atoms with E-state index in [1.807, 2.05) is 20.8 Å². The largest absolute Gasteiger partial charge is 0.472 e. The maximum absolute atomic E-state index is 14.3. The summed E-state index contributed by atoms with van der Waals surface area (Å²) in [5.41, 5.74) is -3.22. The summed E-state index contributed by atoms with van der Waals surface area (Å²) in [6.45, 7) is 8.76. The summed E-state index contributed by atoms with van der Waals surface area (Å²) in [5, 5.41) is 12.2. The maximum atomic E-state index is 14.3. The molecule has 38 heavy (non-hydrogen) atoms. The number of carbonyl (C=O) groups excluding carboxylic acids is 4. The highest BCUT2D eigenvalue weighted by molar-refractivity contribution is 5.99. The predicted octanol–water partition coefficient (Wildman–Crippen LogP) is 3.70. The van der Waals surface area contributed by atoms with Gasteiger partial charge in [0.2, 0.25) is 0 Å². The van der Waals surface area contributed by atoms with E-state index in [1.165, 1.54) is 20.3 Å². The predicted molar refractivity (Wildman–Crippen MR) is 132 cm³/mol. The van der Waals surface area contributed by atoms with Crippen molar-refractivity contribution in [3.63, 3.8) is 0 Å². The zero-order chi connectivity index (χ0) is 27.8. The van der Waals surface area contributed by atoms with Crippen molar-refractivity contribution in [1.29, 1.82) is 0 Å². The molecule has 1 saturated heterocycles. The Morgan fingerprint density at radius 3 is 2.47 bits per heavy atom. The van der Waals surface area contributed by atoms with E-state index in [1.54, 1.807) is 18.4 Å². The van der Waals surface area contributed by atoms with Gasteiger partial charge in [-0.3, -0.25) is 19.2 Å². The molecule has 2 bridgehead atoms. The van der Waals surface area contributed by atoms with E-state index in [0.717, 1.165) is 11.1 Å². The Kier molecular flexibility index (Phi) is 5.98. The molecule has 1 N–H and O–H groups in total. The Labute approximate surface area is 221 Å². The molecule has 9 nitrogen and oxygen atoms in total. The summed E-state index contributed by atoms with van der Waals surface area (Å²) < 4.78 is 21.8. The summed E-state index contributed by atoms with van der Waals surface area (Å²) in [4.78, 5) is 52.1. The van der Waals surface area contributed by atoms with Crippen LogP contribution < -0.4 is 0 Å². The van der Waals surface area contributed by atoms with Gasteiger partial charge in [-0.25, -0.2) is 0 Å². The standard InChI is InChI=1S/C29H36O9/c1-15(30)37-25-26(2,3)20(12-21(31)35-6)28(5)18-7-9-27(4)19(17(18)13-29(25,34)24(28)33)11-22(32)38-23(27)16-8-10-36-14-16/h8,10,13-14,18-20,23,25,34H,7,9,11-12H2,1-6H3/t18?,19?,20-,23-,25-,27+,28+,29-/m0/s1. The molecule has 0 amide bonds. The molecular weight excluding hydrogens is 492 g/mol. The molecular formula is C29H36O9. The van der Waals surface area contributed by atoms with Crippen LogP contribution in [0, 0.1) is 34.0 Å². The van der Waals surface area contributed by atoms with Gasteiger partial charge in [-0.15, -0.1) is 0 Å². The van der Waals surface area contributed by atoms with Crippen molar-refractivity contribution >= 4 is 23.7 Å². The van der Waals surface area contributed by atoms with Gasteiger partial charge in [-0.05, 0) is 42.7 Å². The average molecular weight is 529 g/mol. The van der Waals surface area contributed by atoms with Crippen LogP contribution in [0.4, 0.5) is 0 Å². The second-order valence-electron chi connectivity index (χ2n) is 12.5. The van der Waals surface area contributed by atoms with E-state index < -0.39 is 57.7 Å². The molecule has 2 heterocycles. The van der Waals surface area contributed by atoms with E-state index in [2.05, 4.69) is 6.92 Å². The minimum absolute atomic E-state index is 0.0784. The van der Waals surface area contributed by atoms with Crippen molar-refractivity contribution in [1.82, 2.24) is 0 Å². The molecule has 4 aliphatic rings. The number of cyclic esters (lactones) is 1. The fraction of sp³-hybridized carbons (Fsp3) is 0.655.